The van der Waals surface area contributed by atoms with Gasteiger partial charge >= 0.3 is 17.9 Å². The Hall–Kier alpha value is -11.5. The molecule has 14 amide bonds. The summed E-state index contributed by atoms with van der Waals surface area (Å²) < 4.78 is 0. The van der Waals surface area contributed by atoms with E-state index in [0.29, 0.717) is 11.1 Å². The van der Waals surface area contributed by atoms with Gasteiger partial charge < -0.3 is 124 Å². The number of primary amides is 3. The smallest absolute Gasteiger partial charge is 0.326 e. The van der Waals surface area contributed by atoms with Crippen LogP contribution in [0, 0.1) is 0 Å². The monoisotopic (exact) mass is 1430 g/mol. The summed E-state index contributed by atoms with van der Waals surface area (Å²) in [5, 5.41) is 84.0. The van der Waals surface area contributed by atoms with Gasteiger partial charge in [-0.1, -0.05) is 60.7 Å². The number of carbonyl (C=O) groups excluding carboxylic acids is 14. The molecule has 0 aliphatic rings. The van der Waals surface area contributed by atoms with E-state index < -0.39 is 243 Å². The molecule has 0 aliphatic heterocycles. The minimum absolute atomic E-state index is 0.00666. The molecule has 14 atom stereocenters. The number of benzene rings is 2. The van der Waals surface area contributed by atoms with Crippen molar-refractivity contribution < 1.29 is 112 Å². The van der Waals surface area contributed by atoms with Gasteiger partial charge in [-0.15, -0.1) is 0 Å². The van der Waals surface area contributed by atoms with Gasteiger partial charge in [-0.25, -0.2) is 4.79 Å². The van der Waals surface area contributed by atoms with Crippen LogP contribution in [-0.4, -0.2) is 235 Å². The minimum Gasteiger partial charge on any atom is -0.481 e. The van der Waals surface area contributed by atoms with E-state index in [2.05, 4.69) is 63.5 Å². The number of nitrogens with two attached hydrogens (primary N) is 6. The third kappa shape index (κ3) is 32.2. The average molecular weight is 1430 g/mol. The Kier molecular flexibility index (Phi) is 36.5. The van der Waals surface area contributed by atoms with Gasteiger partial charge in [0.1, 0.15) is 66.5 Å². The third-order valence-corrected chi connectivity index (χ3v) is 14.5. The molecule has 2 aromatic carbocycles. The zero-order chi connectivity index (χ0) is 76.4. The summed E-state index contributed by atoms with van der Waals surface area (Å²) in [5.74, 6) is -22.6. The first kappa shape index (κ1) is 85.6. The van der Waals surface area contributed by atoms with Gasteiger partial charge in [0, 0.05) is 25.8 Å². The molecular weight excluding hydrogens is 1340 g/mol. The number of carbonyl (C=O) groups is 17. The number of amides is 14. The first-order chi connectivity index (χ1) is 47.3. The molecular formula is C60H88N18O23. The average Bonchev–Trinajstić information content (AvgIpc) is 0.863. The summed E-state index contributed by atoms with van der Waals surface area (Å²) >= 11 is 0. The minimum atomic E-state index is -2.16. The van der Waals surface area contributed by atoms with Crippen LogP contribution in [0.3, 0.4) is 0 Å². The fourth-order valence-corrected chi connectivity index (χ4v) is 9.16. The van der Waals surface area contributed by atoms with Crippen molar-refractivity contribution in [2.75, 3.05) is 13.2 Å². The Bertz CT molecular complexity index is 3300. The lowest BCUT2D eigenvalue weighted by Crippen LogP contribution is -2.63. The van der Waals surface area contributed by atoms with E-state index in [0.717, 1.165) is 20.8 Å². The van der Waals surface area contributed by atoms with Crippen LogP contribution in [0.2, 0.25) is 0 Å². The highest BCUT2D eigenvalue weighted by molar-refractivity contribution is 6.01. The van der Waals surface area contributed by atoms with Crippen molar-refractivity contribution in [1.29, 1.82) is 0 Å². The molecule has 0 saturated heterocycles. The van der Waals surface area contributed by atoms with Crippen molar-refractivity contribution in [2.45, 2.75) is 176 Å². The zero-order valence-electron chi connectivity index (χ0n) is 55.1. The standard InChI is InChI=1S/C60H88N18O23/c1-27(48(89)77-46(28(2)80)58(99)75-38(24-42(63)83)53(94)71-35(59(100)101)15-10-20-67-60(65)66)68-50(91)33(16-18-44(85)86)70-57(98)47(29(3)81)78-55(96)39(25-43(64)84)73-52(93)36(22-31-13-8-5-9-14-31)72-54(95)37(23-41(62)82)74-56(97)40(26-79)76-51(92)34(17-19-45(87)88)69-49(90)32(61)21-30-11-6-4-7-12-30/h4-9,11-14,27-29,32-40,46-47,79-81H,10,15-26,61H2,1-3H3,(H2,62,82)(H2,63,83)(H2,64,84)(H,68,91)(H,69,90)(H,70,98)(H,71,94)(H,72,95)(H,73,93)(H,74,97)(H,75,99)(H,76,92)(H,77,89)(H,78,96)(H,85,86)(H,87,88)(H,100,101)(H4,65,66,67)/t27-,28+,29+,32-,33-,34-,35-,36-,37-,38-,39-,40-,46-,47-/m0/s1. The normalized spacial score (nSPS) is 15.0. The number of hydrogen-bond donors (Lipinski definition) is 23. The van der Waals surface area contributed by atoms with E-state index in [1.165, 1.54) is 24.3 Å². The molecule has 29 N–H and O–H groups in total. The fourth-order valence-electron chi connectivity index (χ4n) is 9.16. The molecule has 41 nitrogen and oxygen atoms in total. The van der Waals surface area contributed by atoms with Crippen molar-refractivity contribution in [3.05, 3.63) is 71.8 Å². The molecule has 0 spiro atoms. The summed E-state index contributed by atoms with van der Waals surface area (Å²) in [7, 11) is 0. The number of carboxylic acid groups (broad SMARTS) is 3. The Morgan fingerprint density at radius 3 is 1.14 bits per heavy atom. The summed E-state index contributed by atoms with van der Waals surface area (Å²) in [6.45, 7) is 1.72. The Balaban J connectivity index is 2.40. The van der Waals surface area contributed by atoms with Crippen LogP contribution < -0.4 is 92.9 Å². The number of nitrogens with zero attached hydrogens (tertiary/aromatic N) is 1. The zero-order valence-corrected chi connectivity index (χ0v) is 55.1. The lowest BCUT2D eigenvalue weighted by atomic mass is 10.0. The van der Waals surface area contributed by atoms with Gasteiger partial charge in [0.15, 0.2) is 5.96 Å². The second-order valence-electron chi connectivity index (χ2n) is 23.0. The number of aliphatic hydroxyl groups is 3. The van der Waals surface area contributed by atoms with Gasteiger partial charge in [-0.05, 0) is 64.0 Å². The van der Waals surface area contributed by atoms with Gasteiger partial charge in [0.05, 0.1) is 44.1 Å². The SMILES string of the molecule is C[C@H](NC(=O)[C@H](CCC(=O)O)NC(=O)[C@@H](NC(=O)[C@H](CC(N)=O)NC(=O)[C@H](Cc1ccccc1)NC(=O)[C@H](CC(N)=O)NC(=O)[C@H](CO)NC(=O)[C@H](CCC(=O)O)NC(=O)[C@@H](N)Cc1ccccc1)[C@@H](C)O)C(=O)N[C@H](C(=O)N[C@@H](CC(N)=O)C(=O)N[C@@H](CCCN=C(N)N)C(=O)O)[C@@H](C)O. The second kappa shape index (κ2) is 43.1. The van der Waals surface area contributed by atoms with Gasteiger partial charge in [-0.3, -0.25) is 81.7 Å². The highest BCUT2D eigenvalue weighted by atomic mass is 16.4. The lowest BCUT2D eigenvalue weighted by molar-refractivity contribution is -0.143. The molecule has 101 heavy (non-hydrogen) atoms. The highest BCUT2D eigenvalue weighted by Gasteiger charge is 2.39. The molecule has 0 saturated carbocycles. The van der Waals surface area contributed by atoms with Crippen LogP contribution in [0.15, 0.2) is 65.7 Å². The summed E-state index contributed by atoms with van der Waals surface area (Å²) in [6, 6.07) is -6.22. The summed E-state index contributed by atoms with van der Waals surface area (Å²) in [5.41, 5.74) is 33.7. The van der Waals surface area contributed by atoms with Crippen LogP contribution in [0.5, 0.6) is 0 Å². The van der Waals surface area contributed by atoms with Crippen LogP contribution in [-0.2, 0) is 94.3 Å². The molecule has 0 bridgehead atoms. The number of hydrogen-bond acceptors (Lipinski definition) is 22. The number of aliphatic hydroxyl groups excluding tert-OH is 3. The molecule has 0 heterocycles. The molecule has 2 aromatic rings. The molecule has 556 valence electrons. The van der Waals surface area contributed by atoms with Crippen molar-refractivity contribution >= 4 is 107 Å². The second-order valence-corrected chi connectivity index (χ2v) is 23.0. The number of guanidine groups is 1. The van der Waals surface area contributed by atoms with Gasteiger partial charge in [0.25, 0.3) is 0 Å². The van der Waals surface area contributed by atoms with Crippen LogP contribution in [0.1, 0.15) is 89.7 Å². The van der Waals surface area contributed by atoms with Crippen molar-refractivity contribution in [3.8, 4) is 0 Å². The number of aliphatic carboxylic acids is 3. The van der Waals surface area contributed by atoms with E-state index in [-0.39, 0.29) is 31.8 Å². The largest absolute Gasteiger partial charge is 0.481 e. The molecule has 2 rings (SSSR count). The number of aliphatic imine (C=N–C) groups is 1. The molecule has 0 aliphatic carbocycles. The van der Waals surface area contributed by atoms with E-state index in [9.17, 15) is 112 Å². The summed E-state index contributed by atoms with van der Waals surface area (Å²) in [4.78, 5) is 227. The van der Waals surface area contributed by atoms with E-state index in [1.807, 2.05) is 0 Å². The molecule has 0 aromatic heterocycles. The van der Waals surface area contributed by atoms with Gasteiger partial charge in [-0.2, -0.15) is 0 Å². The van der Waals surface area contributed by atoms with E-state index in [1.54, 1.807) is 36.4 Å². The van der Waals surface area contributed by atoms with Crippen molar-refractivity contribution in [1.82, 2.24) is 58.5 Å². The van der Waals surface area contributed by atoms with Crippen molar-refractivity contribution in [2.24, 2.45) is 39.4 Å². The maximum absolute atomic E-state index is 14.3. The molecule has 0 radical (unpaired) electrons. The van der Waals surface area contributed by atoms with Crippen molar-refractivity contribution in [3.63, 3.8) is 0 Å². The predicted molar refractivity (Wildman–Crippen MR) is 348 cm³/mol. The van der Waals surface area contributed by atoms with E-state index in [4.69, 9.17) is 34.4 Å². The quantitative estimate of drug-likeness (QED) is 0.0166. The predicted octanol–water partition coefficient (Wildman–Crippen LogP) is -10.6. The summed E-state index contributed by atoms with van der Waals surface area (Å²) in [6.07, 6.45) is -10.3. The topological polar surface area (TPSA) is 712 Å². The Labute approximate surface area is 576 Å². The van der Waals surface area contributed by atoms with E-state index >= 15 is 0 Å². The van der Waals surface area contributed by atoms with Crippen LogP contribution >= 0.6 is 0 Å². The maximum Gasteiger partial charge on any atom is 0.326 e. The van der Waals surface area contributed by atoms with Crippen LogP contribution in [0.25, 0.3) is 0 Å². The molecule has 0 fully saturated rings. The van der Waals surface area contributed by atoms with Crippen LogP contribution in [0.4, 0.5) is 0 Å². The number of nitrogens with one attached hydrogen (secondary N) is 11. The number of carboxylic acids is 3. The highest BCUT2D eigenvalue weighted by Crippen LogP contribution is 2.11. The maximum atomic E-state index is 14.3. The number of rotatable bonds is 46. The Morgan fingerprint density at radius 2 is 0.733 bits per heavy atom. The fraction of sp³-hybridized carbons (Fsp3) is 0.500. The first-order valence-electron chi connectivity index (χ1n) is 31.0. The lowest BCUT2D eigenvalue weighted by Gasteiger charge is -2.28. The molecule has 0 unspecified atom stereocenters. The van der Waals surface area contributed by atoms with Gasteiger partial charge in [0.2, 0.25) is 82.7 Å². The molecule has 41 heteroatoms. The Morgan fingerprint density at radius 1 is 0.396 bits per heavy atom. The third-order valence-electron chi connectivity index (χ3n) is 14.5. The first-order valence-corrected chi connectivity index (χ1v) is 31.0.